The largest absolute Gasteiger partial charge is 0.494 e. The summed E-state index contributed by atoms with van der Waals surface area (Å²) in [5.41, 5.74) is 1.93. The molecule has 0 radical (unpaired) electrons. The molecule has 1 aromatic heterocycles. The predicted molar refractivity (Wildman–Crippen MR) is 112 cm³/mol. The van der Waals surface area contributed by atoms with Crippen molar-refractivity contribution < 1.29 is 9.47 Å². The van der Waals surface area contributed by atoms with Crippen molar-refractivity contribution in [1.29, 1.82) is 0 Å². The van der Waals surface area contributed by atoms with Crippen molar-refractivity contribution in [3.05, 3.63) is 29.4 Å². The molecular weight excluding hydrogens is 378 g/mol. The van der Waals surface area contributed by atoms with Crippen LogP contribution in [0.2, 0.25) is 5.02 Å². The molecule has 150 valence electrons. The molecule has 4 rings (SSSR count). The van der Waals surface area contributed by atoms with Gasteiger partial charge in [0, 0.05) is 31.4 Å². The Labute approximate surface area is 170 Å². The Morgan fingerprint density at radius 1 is 1.29 bits per heavy atom. The molecule has 1 aliphatic heterocycles. The predicted octanol–water partition coefficient (Wildman–Crippen LogP) is 3.93. The molecule has 7 nitrogen and oxygen atoms in total. The van der Waals surface area contributed by atoms with Crippen LogP contribution >= 0.6 is 11.6 Å². The highest BCUT2D eigenvalue weighted by Gasteiger charge is 2.20. The molecule has 0 bridgehead atoms. The van der Waals surface area contributed by atoms with E-state index in [-0.39, 0.29) is 0 Å². The summed E-state index contributed by atoms with van der Waals surface area (Å²) in [5.74, 6) is 2.74. The minimum absolute atomic E-state index is 0.482. The van der Waals surface area contributed by atoms with Crippen molar-refractivity contribution in [2.75, 3.05) is 55.5 Å². The lowest BCUT2D eigenvalue weighted by atomic mass is 10.2. The molecule has 0 spiro atoms. The maximum absolute atomic E-state index is 6.24. The van der Waals surface area contributed by atoms with Gasteiger partial charge in [-0.3, -0.25) is 0 Å². The first-order chi connectivity index (χ1) is 13.7. The monoisotopic (exact) mass is 403 g/mol. The number of hydrogen-bond acceptors (Lipinski definition) is 7. The van der Waals surface area contributed by atoms with Crippen LogP contribution in [0, 0.1) is 5.92 Å². The van der Waals surface area contributed by atoms with E-state index in [0.717, 1.165) is 62.3 Å². The van der Waals surface area contributed by atoms with E-state index in [1.807, 2.05) is 12.1 Å². The maximum Gasteiger partial charge on any atom is 0.229 e. The lowest BCUT2D eigenvalue weighted by molar-refractivity contribution is 0.122. The van der Waals surface area contributed by atoms with E-state index in [2.05, 4.69) is 31.6 Å². The maximum atomic E-state index is 6.24. The average Bonchev–Trinajstić information content (AvgIpc) is 3.55. The topological polar surface area (TPSA) is 71.5 Å². The number of aromatic nitrogens is 2. The zero-order chi connectivity index (χ0) is 19.3. The van der Waals surface area contributed by atoms with Crippen molar-refractivity contribution in [1.82, 2.24) is 9.97 Å². The summed E-state index contributed by atoms with van der Waals surface area (Å²) < 4.78 is 11.0. The van der Waals surface area contributed by atoms with Crippen LogP contribution in [0.4, 0.5) is 23.1 Å². The van der Waals surface area contributed by atoms with Gasteiger partial charge in [-0.2, -0.15) is 4.98 Å². The van der Waals surface area contributed by atoms with Crippen LogP contribution in [0.1, 0.15) is 19.3 Å². The molecule has 1 aromatic carbocycles. The van der Waals surface area contributed by atoms with Gasteiger partial charge in [0.25, 0.3) is 0 Å². The number of ether oxygens (including phenoxy) is 2. The summed E-state index contributed by atoms with van der Waals surface area (Å²) in [6.45, 7) is 4.13. The first-order valence-corrected chi connectivity index (χ1v) is 10.1. The van der Waals surface area contributed by atoms with Crippen LogP contribution in [0.3, 0.4) is 0 Å². The number of rotatable bonds is 8. The molecule has 2 aromatic rings. The van der Waals surface area contributed by atoms with Crippen LogP contribution in [0.5, 0.6) is 5.75 Å². The lowest BCUT2D eigenvalue weighted by Crippen LogP contribution is -2.36. The quantitative estimate of drug-likeness (QED) is 0.691. The highest BCUT2D eigenvalue weighted by molar-refractivity contribution is 6.32. The molecule has 1 aliphatic carbocycles. The smallest absolute Gasteiger partial charge is 0.229 e. The number of methoxy groups -OCH3 is 1. The number of benzene rings is 1. The van der Waals surface area contributed by atoms with Crippen molar-refractivity contribution in [2.45, 2.75) is 19.3 Å². The third-order valence-electron chi connectivity index (χ3n) is 5.09. The number of hydrogen-bond donors (Lipinski definition) is 2. The first kappa shape index (κ1) is 19.1. The van der Waals surface area contributed by atoms with Gasteiger partial charge in [-0.25, -0.2) is 4.98 Å². The van der Waals surface area contributed by atoms with E-state index in [4.69, 9.17) is 21.1 Å². The molecule has 2 fully saturated rings. The lowest BCUT2D eigenvalue weighted by Gasteiger charge is -2.29. The Kier molecular flexibility index (Phi) is 6.02. The summed E-state index contributed by atoms with van der Waals surface area (Å²) in [6, 6.07) is 6.08. The molecule has 2 N–H and O–H groups in total. The molecule has 2 aliphatic rings. The highest BCUT2D eigenvalue weighted by atomic mass is 35.5. The Bertz CT molecular complexity index is 809. The molecule has 0 atom stereocenters. The van der Waals surface area contributed by atoms with Crippen LogP contribution in [0.25, 0.3) is 0 Å². The number of nitrogens with one attached hydrogen (secondary N) is 2. The second-order valence-electron chi connectivity index (χ2n) is 7.16. The Hall–Kier alpha value is -2.25. The van der Waals surface area contributed by atoms with Crippen LogP contribution in [0.15, 0.2) is 24.4 Å². The minimum atomic E-state index is 0.482. The SMILES string of the molecule is COc1cc(N2CCOCC2)ccc1Nc1ncc(Cl)c(NCCC2CC2)n1. The van der Waals surface area contributed by atoms with E-state index >= 15 is 0 Å². The van der Waals surface area contributed by atoms with Gasteiger partial charge >= 0.3 is 0 Å². The fourth-order valence-electron chi connectivity index (χ4n) is 3.27. The second-order valence-corrected chi connectivity index (χ2v) is 7.57. The Morgan fingerprint density at radius 3 is 2.86 bits per heavy atom. The van der Waals surface area contributed by atoms with E-state index in [1.165, 1.54) is 12.8 Å². The Balaban J connectivity index is 1.46. The van der Waals surface area contributed by atoms with Gasteiger partial charge in [0.15, 0.2) is 0 Å². The average molecular weight is 404 g/mol. The number of morpholine rings is 1. The van der Waals surface area contributed by atoms with Crippen molar-refractivity contribution >= 4 is 34.7 Å². The normalized spacial score (nSPS) is 16.7. The summed E-state index contributed by atoms with van der Waals surface area (Å²) in [7, 11) is 1.66. The number of halogens is 1. The van der Waals surface area contributed by atoms with Gasteiger partial charge in [-0.05, 0) is 24.5 Å². The zero-order valence-electron chi connectivity index (χ0n) is 16.1. The number of nitrogens with zero attached hydrogens (tertiary/aromatic N) is 3. The van der Waals surface area contributed by atoms with Gasteiger partial charge in [0.1, 0.15) is 16.6 Å². The van der Waals surface area contributed by atoms with Gasteiger partial charge in [-0.15, -0.1) is 0 Å². The fraction of sp³-hybridized carbons (Fsp3) is 0.500. The highest BCUT2D eigenvalue weighted by Crippen LogP contribution is 2.33. The standard InChI is InChI=1S/C20H26ClN5O2/c1-27-18-12-15(26-8-10-28-11-9-26)4-5-17(18)24-20-23-13-16(21)19(25-20)22-7-6-14-2-3-14/h4-5,12-14H,2-3,6-11H2,1H3,(H2,22,23,24,25). The van der Waals surface area contributed by atoms with Crippen LogP contribution in [-0.2, 0) is 4.74 Å². The van der Waals surface area contributed by atoms with Crippen LogP contribution < -0.4 is 20.3 Å². The summed E-state index contributed by atoms with van der Waals surface area (Å²) in [4.78, 5) is 11.1. The molecule has 28 heavy (non-hydrogen) atoms. The van der Waals surface area contributed by atoms with Crippen molar-refractivity contribution in [3.63, 3.8) is 0 Å². The molecule has 1 saturated carbocycles. The van der Waals surface area contributed by atoms with E-state index in [9.17, 15) is 0 Å². The summed E-state index contributed by atoms with van der Waals surface area (Å²) in [5, 5.41) is 7.09. The molecule has 0 unspecified atom stereocenters. The minimum Gasteiger partial charge on any atom is -0.494 e. The number of anilines is 4. The summed E-state index contributed by atoms with van der Waals surface area (Å²) >= 11 is 6.24. The van der Waals surface area contributed by atoms with Gasteiger partial charge in [0.2, 0.25) is 5.95 Å². The van der Waals surface area contributed by atoms with Crippen molar-refractivity contribution in [3.8, 4) is 5.75 Å². The summed E-state index contributed by atoms with van der Waals surface area (Å²) in [6.07, 6.45) is 5.45. The van der Waals surface area contributed by atoms with Gasteiger partial charge < -0.3 is 25.0 Å². The zero-order valence-corrected chi connectivity index (χ0v) is 16.8. The molecule has 1 saturated heterocycles. The third-order valence-corrected chi connectivity index (χ3v) is 5.37. The van der Waals surface area contributed by atoms with Crippen LogP contribution in [-0.4, -0.2) is 49.9 Å². The molecule has 2 heterocycles. The molecular formula is C20H26ClN5O2. The van der Waals surface area contributed by atoms with Gasteiger partial charge in [0.05, 0.1) is 32.2 Å². The van der Waals surface area contributed by atoms with Crippen molar-refractivity contribution in [2.24, 2.45) is 5.92 Å². The third kappa shape index (κ3) is 4.77. The van der Waals surface area contributed by atoms with E-state index < -0.39 is 0 Å². The molecule has 8 heteroatoms. The molecule has 0 amide bonds. The van der Waals surface area contributed by atoms with Gasteiger partial charge in [-0.1, -0.05) is 24.4 Å². The Morgan fingerprint density at radius 2 is 2.11 bits per heavy atom. The fourth-order valence-corrected chi connectivity index (χ4v) is 3.43. The first-order valence-electron chi connectivity index (χ1n) is 9.77. The second kappa shape index (κ2) is 8.84. The van der Waals surface area contributed by atoms with E-state index in [0.29, 0.717) is 16.8 Å². The van der Waals surface area contributed by atoms with E-state index in [1.54, 1.807) is 13.3 Å².